The largest absolute Gasteiger partial charge is 0.456 e. The summed E-state index contributed by atoms with van der Waals surface area (Å²) in [5.41, 5.74) is 4.83. The number of ether oxygens (including phenoxy) is 1. The van der Waals surface area contributed by atoms with Crippen molar-refractivity contribution in [1.29, 1.82) is 0 Å². The number of nitrogens with one attached hydrogen (secondary N) is 1. The summed E-state index contributed by atoms with van der Waals surface area (Å²) >= 11 is 6.39. The fourth-order valence-electron chi connectivity index (χ4n) is 5.61. The third kappa shape index (κ3) is 6.84. The molecule has 1 atom stereocenters. The van der Waals surface area contributed by atoms with E-state index < -0.39 is 6.10 Å². The SMILES string of the molecule is Cc1ccccc1C(=O)Nc1ccc(C(=O)N2CCCC(OC(=O)CN3CCN(C)CC3)c3cc(Cl)ccc32)c(C)c1. The number of piperazine rings is 1. The number of fused-ring (bicyclic) bond motifs is 1. The average Bonchev–Trinajstić information content (AvgIpc) is 3.13. The van der Waals surface area contributed by atoms with E-state index in [2.05, 4.69) is 22.2 Å². The second-order valence-corrected chi connectivity index (χ2v) is 11.6. The van der Waals surface area contributed by atoms with Crippen molar-refractivity contribution in [3.8, 4) is 0 Å². The first-order valence-electron chi connectivity index (χ1n) is 14.4. The molecule has 3 aromatic rings. The van der Waals surface area contributed by atoms with Gasteiger partial charge in [-0.2, -0.15) is 0 Å². The second-order valence-electron chi connectivity index (χ2n) is 11.2. The van der Waals surface area contributed by atoms with Crippen LogP contribution in [-0.4, -0.2) is 73.9 Å². The molecular weight excluding hydrogens is 552 g/mol. The van der Waals surface area contributed by atoms with Crippen molar-refractivity contribution in [1.82, 2.24) is 9.80 Å². The van der Waals surface area contributed by atoms with E-state index in [-0.39, 0.29) is 24.3 Å². The van der Waals surface area contributed by atoms with Gasteiger partial charge in [0.15, 0.2) is 0 Å². The maximum absolute atomic E-state index is 13.9. The number of halogens is 1. The molecule has 1 unspecified atom stereocenters. The van der Waals surface area contributed by atoms with Crippen LogP contribution in [0.4, 0.5) is 11.4 Å². The van der Waals surface area contributed by atoms with Gasteiger partial charge >= 0.3 is 5.97 Å². The second kappa shape index (κ2) is 13.1. The Labute approximate surface area is 252 Å². The zero-order valence-electron chi connectivity index (χ0n) is 24.4. The number of carbonyl (C=O) groups excluding carboxylic acids is 3. The van der Waals surface area contributed by atoms with E-state index in [0.29, 0.717) is 46.9 Å². The summed E-state index contributed by atoms with van der Waals surface area (Å²) in [5, 5.41) is 3.46. The topological polar surface area (TPSA) is 82.2 Å². The van der Waals surface area contributed by atoms with Gasteiger partial charge in [0.1, 0.15) is 6.10 Å². The number of carbonyl (C=O) groups is 3. The number of aryl methyl sites for hydroxylation is 2. The van der Waals surface area contributed by atoms with Gasteiger partial charge in [-0.1, -0.05) is 29.8 Å². The molecule has 8 nitrogen and oxygen atoms in total. The summed E-state index contributed by atoms with van der Waals surface area (Å²) in [7, 11) is 2.08. The Balaban J connectivity index is 1.32. The Hall–Kier alpha value is -3.72. The van der Waals surface area contributed by atoms with Gasteiger partial charge in [0.2, 0.25) is 0 Å². The standard InChI is InChI=1S/C33H37ClN4O4/c1-22-7-4-5-8-26(22)32(40)35-25-11-12-27(23(2)19-25)33(41)38-14-6-9-30(28-20-24(34)10-13-29(28)38)42-31(39)21-37-17-15-36(3)16-18-37/h4-5,7-8,10-13,19-20,30H,6,9,14-18,21H2,1-3H3,(H,35,40). The van der Waals surface area contributed by atoms with Gasteiger partial charge in [0.05, 0.1) is 12.2 Å². The molecule has 0 spiro atoms. The van der Waals surface area contributed by atoms with Crippen molar-refractivity contribution in [2.45, 2.75) is 32.8 Å². The number of anilines is 2. The molecule has 9 heteroatoms. The van der Waals surface area contributed by atoms with Crippen LogP contribution in [0, 0.1) is 13.8 Å². The van der Waals surface area contributed by atoms with Crippen molar-refractivity contribution in [3.05, 3.63) is 93.5 Å². The molecule has 0 aliphatic carbocycles. The fourth-order valence-corrected chi connectivity index (χ4v) is 5.79. The number of likely N-dealkylation sites (N-methyl/N-ethyl adjacent to an activating group) is 1. The number of hydrogen-bond donors (Lipinski definition) is 1. The normalized spacial score (nSPS) is 17.7. The molecule has 220 valence electrons. The van der Waals surface area contributed by atoms with Crippen molar-refractivity contribution in [2.75, 3.05) is 56.5 Å². The van der Waals surface area contributed by atoms with Gasteiger partial charge in [-0.15, -0.1) is 0 Å². The fraction of sp³-hybridized carbons (Fsp3) is 0.364. The lowest BCUT2D eigenvalue weighted by molar-refractivity contribution is -0.151. The Morgan fingerprint density at radius 3 is 2.40 bits per heavy atom. The monoisotopic (exact) mass is 588 g/mol. The van der Waals surface area contributed by atoms with Gasteiger partial charge in [-0.3, -0.25) is 19.3 Å². The molecule has 3 aromatic carbocycles. The smallest absolute Gasteiger partial charge is 0.320 e. The maximum atomic E-state index is 13.9. The molecular formula is C33H37ClN4O4. The van der Waals surface area contributed by atoms with E-state index in [1.54, 1.807) is 35.2 Å². The minimum Gasteiger partial charge on any atom is -0.456 e. The molecule has 42 heavy (non-hydrogen) atoms. The Bertz CT molecular complexity index is 1480. The molecule has 0 radical (unpaired) electrons. The zero-order chi connectivity index (χ0) is 29.8. The van der Waals surface area contributed by atoms with E-state index >= 15 is 0 Å². The Kier molecular flexibility index (Phi) is 9.26. The number of benzene rings is 3. The molecule has 5 rings (SSSR count). The van der Waals surface area contributed by atoms with Crippen LogP contribution < -0.4 is 10.2 Å². The van der Waals surface area contributed by atoms with Gasteiger partial charge in [-0.25, -0.2) is 0 Å². The highest BCUT2D eigenvalue weighted by atomic mass is 35.5. The summed E-state index contributed by atoms with van der Waals surface area (Å²) in [6, 6.07) is 18.1. The molecule has 1 fully saturated rings. The molecule has 2 aliphatic rings. The summed E-state index contributed by atoms with van der Waals surface area (Å²) in [5.74, 6) is -0.621. The van der Waals surface area contributed by atoms with Crippen molar-refractivity contribution in [2.24, 2.45) is 0 Å². The van der Waals surface area contributed by atoms with E-state index in [1.165, 1.54) is 0 Å². The lowest BCUT2D eigenvalue weighted by atomic mass is 10.0. The van der Waals surface area contributed by atoms with E-state index in [1.807, 2.05) is 44.2 Å². The summed E-state index contributed by atoms with van der Waals surface area (Å²) in [6.07, 6.45) is 0.763. The highest BCUT2D eigenvalue weighted by Gasteiger charge is 2.31. The predicted octanol–water partition coefficient (Wildman–Crippen LogP) is 5.48. The van der Waals surface area contributed by atoms with Crippen LogP contribution in [0.5, 0.6) is 0 Å². The van der Waals surface area contributed by atoms with E-state index in [9.17, 15) is 14.4 Å². The summed E-state index contributed by atoms with van der Waals surface area (Å²) < 4.78 is 6.01. The highest BCUT2D eigenvalue weighted by molar-refractivity contribution is 6.30. The average molecular weight is 589 g/mol. The van der Waals surface area contributed by atoms with Crippen LogP contribution in [0.25, 0.3) is 0 Å². The lowest BCUT2D eigenvalue weighted by Crippen LogP contribution is -2.46. The minimum absolute atomic E-state index is 0.155. The van der Waals surface area contributed by atoms with Gasteiger partial charge < -0.3 is 19.9 Å². The molecule has 0 aromatic heterocycles. The molecule has 1 saturated heterocycles. The van der Waals surface area contributed by atoms with Crippen molar-refractivity contribution < 1.29 is 19.1 Å². The first kappa shape index (κ1) is 29.8. The van der Waals surface area contributed by atoms with Crippen molar-refractivity contribution >= 4 is 40.8 Å². The lowest BCUT2D eigenvalue weighted by Gasteiger charge is -2.32. The summed E-state index contributed by atoms with van der Waals surface area (Å²) in [6.45, 7) is 7.98. The molecule has 0 saturated carbocycles. The van der Waals surface area contributed by atoms with Crippen molar-refractivity contribution in [3.63, 3.8) is 0 Å². The predicted molar refractivity (Wildman–Crippen MR) is 165 cm³/mol. The number of hydrogen-bond acceptors (Lipinski definition) is 6. The minimum atomic E-state index is -0.489. The van der Waals surface area contributed by atoms with Gasteiger partial charge in [0.25, 0.3) is 11.8 Å². The van der Waals surface area contributed by atoms with Crippen LogP contribution in [-0.2, 0) is 9.53 Å². The molecule has 2 amide bonds. The first-order valence-corrected chi connectivity index (χ1v) is 14.8. The van der Waals surface area contributed by atoms with Crippen LogP contribution in [0.1, 0.15) is 56.4 Å². The summed E-state index contributed by atoms with van der Waals surface area (Å²) in [4.78, 5) is 45.8. The molecule has 0 bridgehead atoms. The van der Waals surface area contributed by atoms with E-state index in [0.717, 1.165) is 42.9 Å². The molecule has 1 N–H and O–H groups in total. The molecule has 2 aliphatic heterocycles. The Morgan fingerprint density at radius 1 is 0.905 bits per heavy atom. The quantitative estimate of drug-likeness (QED) is 0.384. The number of esters is 1. The highest BCUT2D eigenvalue weighted by Crippen LogP contribution is 2.38. The molecule has 2 heterocycles. The first-order chi connectivity index (χ1) is 20.2. The Morgan fingerprint density at radius 2 is 1.67 bits per heavy atom. The third-order valence-electron chi connectivity index (χ3n) is 8.05. The number of rotatable bonds is 6. The van der Waals surface area contributed by atoms with Crippen LogP contribution in [0.3, 0.4) is 0 Å². The van der Waals surface area contributed by atoms with Crippen LogP contribution >= 0.6 is 11.6 Å². The number of amides is 2. The van der Waals surface area contributed by atoms with Crippen LogP contribution in [0.2, 0.25) is 5.02 Å². The zero-order valence-corrected chi connectivity index (χ0v) is 25.1. The van der Waals surface area contributed by atoms with Gasteiger partial charge in [0, 0.05) is 60.1 Å². The maximum Gasteiger partial charge on any atom is 0.320 e. The van der Waals surface area contributed by atoms with E-state index in [4.69, 9.17) is 16.3 Å². The van der Waals surface area contributed by atoms with Crippen LogP contribution in [0.15, 0.2) is 60.7 Å². The van der Waals surface area contributed by atoms with Gasteiger partial charge in [-0.05, 0) is 87.3 Å². The number of nitrogens with zero attached hydrogens (tertiary/aromatic N) is 3. The third-order valence-corrected chi connectivity index (χ3v) is 8.28.